The Kier molecular flexibility index (Phi) is 5.54. The Balaban J connectivity index is 1.58. The van der Waals surface area contributed by atoms with Crippen LogP contribution in [-0.4, -0.2) is 46.3 Å². The smallest absolute Gasteiger partial charge is 0.223 e. The average Bonchev–Trinajstić information content (AvgIpc) is 3.44. The third-order valence-corrected chi connectivity index (χ3v) is 6.47. The first-order valence-electron chi connectivity index (χ1n) is 11.2. The molecule has 170 valence electrons. The number of aromatic nitrogens is 3. The molecule has 5 rings (SSSR count). The Morgan fingerprint density at radius 1 is 1.15 bits per heavy atom. The maximum Gasteiger partial charge on any atom is 0.223 e. The Hall–Kier alpha value is -3.74. The molecular weight excluding hydrogens is 416 g/mol. The van der Waals surface area contributed by atoms with Crippen molar-refractivity contribution in [2.45, 2.75) is 25.3 Å². The molecule has 1 unspecified atom stereocenters. The van der Waals surface area contributed by atoms with Crippen molar-refractivity contribution in [1.29, 1.82) is 0 Å². The van der Waals surface area contributed by atoms with Gasteiger partial charge < -0.3 is 19.4 Å². The normalized spacial score (nSPS) is 15.5. The van der Waals surface area contributed by atoms with E-state index in [2.05, 4.69) is 28.3 Å². The van der Waals surface area contributed by atoms with Crippen molar-refractivity contribution in [1.82, 2.24) is 19.7 Å². The molecule has 1 N–H and O–H groups in total. The van der Waals surface area contributed by atoms with Gasteiger partial charge in [-0.15, -0.1) is 0 Å². The zero-order chi connectivity index (χ0) is 22.9. The van der Waals surface area contributed by atoms with Gasteiger partial charge in [-0.1, -0.05) is 30.3 Å². The van der Waals surface area contributed by atoms with Crippen LogP contribution in [-0.2, 0) is 24.7 Å². The molecule has 7 nitrogen and oxygen atoms in total. The van der Waals surface area contributed by atoms with Crippen molar-refractivity contribution in [3.05, 3.63) is 77.2 Å². The van der Waals surface area contributed by atoms with Crippen LogP contribution in [0.15, 0.2) is 54.9 Å². The molecule has 0 radical (unpaired) electrons. The number of carbonyl (C=O) groups is 1. The van der Waals surface area contributed by atoms with Gasteiger partial charge in [-0.2, -0.15) is 5.10 Å². The standard InChI is InChI=1S/C26H28N4O3/c1-29-16-17(15-27-29)11-12-23(31)30-14-13-19-18-7-4-5-9-21(18)28-24(19)25(30)20-8-6-10-22(32-2)26(20)33-3/h4-10,15-16,25,28H,11-14H2,1-3H3. The zero-order valence-electron chi connectivity index (χ0n) is 19.2. The highest BCUT2D eigenvalue weighted by molar-refractivity contribution is 5.87. The highest BCUT2D eigenvalue weighted by Crippen LogP contribution is 2.44. The number of rotatable bonds is 6. The second-order valence-electron chi connectivity index (χ2n) is 8.41. The van der Waals surface area contributed by atoms with Crippen molar-refractivity contribution in [3.63, 3.8) is 0 Å². The van der Waals surface area contributed by atoms with Gasteiger partial charge in [0.1, 0.15) is 6.04 Å². The quantitative estimate of drug-likeness (QED) is 0.488. The third-order valence-electron chi connectivity index (χ3n) is 6.47. The lowest BCUT2D eigenvalue weighted by Gasteiger charge is -2.37. The number of para-hydroxylation sites is 2. The van der Waals surface area contributed by atoms with E-state index in [9.17, 15) is 4.79 Å². The van der Waals surface area contributed by atoms with Crippen molar-refractivity contribution in [3.8, 4) is 11.5 Å². The fourth-order valence-electron chi connectivity index (χ4n) is 4.96. The van der Waals surface area contributed by atoms with Crippen LogP contribution in [0.25, 0.3) is 10.9 Å². The fraction of sp³-hybridized carbons (Fsp3) is 0.308. The number of aryl methyl sites for hydroxylation is 2. The summed E-state index contributed by atoms with van der Waals surface area (Å²) < 4.78 is 13.1. The van der Waals surface area contributed by atoms with Crippen LogP contribution in [0.2, 0.25) is 0 Å². The minimum atomic E-state index is -0.285. The fourth-order valence-corrected chi connectivity index (χ4v) is 4.96. The lowest BCUT2D eigenvalue weighted by atomic mass is 9.91. The second kappa shape index (κ2) is 8.65. The molecule has 4 aromatic rings. The summed E-state index contributed by atoms with van der Waals surface area (Å²) in [4.78, 5) is 19.1. The molecular formula is C26H28N4O3. The van der Waals surface area contributed by atoms with Gasteiger partial charge in [0.25, 0.3) is 0 Å². The van der Waals surface area contributed by atoms with E-state index in [1.165, 1.54) is 10.9 Å². The van der Waals surface area contributed by atoms with Crippen LogP contribution in [0.4, 0.5) is 0 Å². The molecule has 0 spiro atoms. The lowest BCUT2D eigenvalue weighted by molar-refractivity contribution is -0.133. The Labute approximate surface area is 192 Å². The van der Waals surface area contributed by atoms with Crippen LogP contribution in [0.3, 0.4) is 0 Å². The van der Waals surface area contributed by atoms with Crippen molar-refractivity contribution in [2.75, 3.05) is 20.8 Å². The summed E-state index contributed by atoms with van der Waals surface area (Å²) in [6.07, 6.45) is 5.67. The summed E-state index contributed by atoms with van der Waals surface area (Å²) in [6, 6.07) is 13.9. The number of hydrogen-bond acceptors (Lipinski definition) is 4. The van der Waals surface area contributed by atoms with Gasteiger partial charge in [-0.05, 0) is 36.1 Å². The van der Waals surface area contributed by atoms with Crippen LogP contribution in [0.1, 0.15) is 34.8 Å². The molecule has 1 aliphatic rings. The molecule has 0 bridgehead atoms. The third kappa shape index (κ3) is 3.73. The topological polar surface area (TPSA) is 72.4 Å². The number of fused-ring (bicyclic) bond motifs is 3. The van der Waals surface area contributed by atoms with Gasteiger partial charge in [0.05, 0.1) is 20.4 Å². The van der Waals surface area contributed by atoms with Crippen molar-refractivity contribution in [2.24, 2.45) is 7.05 Å². The molecule has 0 fully saturated rings. The number of carbonyl (C=O) groups excluding carboxylic acids is 1. The predicted octanol–water partition coefficient (Wildman–Crippen LogP) is 4.03. The summed E-state index contributed by atoms with van der Waals surface area (Å²) in [7, 11) is 5.16. The highest BCUT2D eigenvalue weighted by atomic mass is 16.5. The highest BCUT2D eigenvalue weighted by Gasteiger charge is 2.36. The maximum atomic E-state index is 13.6. The minimum absolute atomic E-state index is 0.109. The van der Waals surface area contributed by atoms with Gasteiger partial charge in [-0.3, -0.25) is 9.48 Å². The number of hydrogen-bond donors (Lipinski definition) is 1. The number of nitrogens with zero attached hydrogens (tertiary/aromatic N) is 3. The molecule has 0 saturated carbocycles. The van der Waals surface area contributed by atoms with E-state index in [1.54, 1.807) is 18.9 Å². The Morgan fingerprint density at radius 3 is 2.76 bits per heavy atom. The summed E-state index contributed by atoms with van der Waals surface area (Å²) >= 11 is 0. The van der Waals surface area contributed by atoms with Gasteiger partial charge in [0, 0.05) is 48.4 Å². The number of H-pyrrole nitrogens is 1. The van der Waals surface area contributed by atoms with Gasteiger partial charge in [0.2, 0.25) is 5.91 Å². The van der Waals surface area contributed by atoms with E-state index < -0.39 is 0 Å². The van der Waals surface area contributed by atoms with Crippen molar-refractivity contribution < 1.29 is 14.3 Å². The molecule has 2 aromatic heterocycles. The summed E-state index contributed by atoms with van der Waals surface area (Å²) in [5.74, 6) is 1.42. The zero-order valence-corrected chi connectivity index (χ0v) is 19.2. The molecule has 3 heterocycles. The summed E-state index contributed by atoms with van der Waals surface area (Å²) in [6.45, 7) is 0.645. The van der Waals surface area contributed by atoms with E-state index in [0.29, 0.717) is 30.9 Å². The van der Waals surface area contributed by atoms with E-state index in [1.807, 2.05) is 48.6 Å². The van der Waals surface area contributed by atoms with Crippen LogP contribution < -0.4 is 9.47 Å². The summed E-state index contributed by atoms with van der Waals surface area (Å²) in [5.41, 5.74) is 5.36. The van der Waals surface area contributed by atoms with E-state index in [0.717, 1.165) is 28.8 Å². The number of nitrogens with one attached hydrogen (secondary N) is 1. The molecule has 1 atom stereocenters. The molecule has 1 amide bonds. The molecule has 1 aliphatic heterocycles. The molecule has 33 heavy (non-hydrogen) atoms. The van der Waals surface area contributed by atoms with Crippen LogP contribution in [0, 0.1) is 0 Å². The number of amides is 1. The Bertz CT molecular complexity index is 1310. The van der Waals surface area contributed by atoms with Crippen molar-refractivity contribution >= 4 is 16.8 Å². The number of methoxy groups -OCH3 is 2. The Morgan fingerprint density at radius 2 is 2.00 bits per heavy atom. The first-order valence-corrected chi connectivity index (χ1v) is 11.2. The van der Waals surface area contributed by atoms with E-state index in [-0.39, 0.29) is 11.9 Å². The maximum absolute atomic E-state index is 13.6. The molecule has 0 aliphatic carbocycles. The monoisotopic (exact) mass is 444 g/mol. The molecule has 7 heteroatoms. The van der Waals surface area contributed by atoms with Crippen LogP contribution >= 0.6 is 0 Å². The SMILES string of the molecule is COc1cccc(C2c3[nH]c4ccccc4c3CCN2C(=O)CCc2cnn(C)c2)c1OC. The first-order chi connectivity index (χ1) is 16.1. The number of ether oxygens (including phenoxy) is 2. The number of benzene rings is 2. The van der Waals surface area contributed by atoms with E-state index >= 15 is 0 Å². The second-order valence-corrected chi connectivity index (χ2v) is 8.41. The van der Waals surface area contributed by atoms with Gasteiger partial charge >= 0.3 is 0 Å². The first kappa shape index (κ1) is 21.1. The molecule has 0 saturated heterocycles. The minimum Gasteiger partial charge on any atom is -0.493 e. The largest absolute Gasteiger partial charge is 0.493 e. The molecule has 2 aromatic carbocycles. The van der Waals surface area contributed by atoms with E-state index in [4.69, 9.17) is 9.47 Å². The number of aromatic amines is 1. The van der Waals surface area contributed by atoms with Gasteiger partial charge in [0.15, 0.2) is 11.5 Å². The lowest BCUT2D eigenvalue weighted by Crippen LogP contribution is -2.40. The predicted molar refractivity (Wildman–Crippen MR) is 127 cm³/mol. The summed E-state index contributed by atoms with van der Waals surface area (Å²) in [5, 5.41) is 5.43. The van der Waals surface area contributed by atoms with Gasteiger partial charge in [-0.25, -0.2) is 0 Å². The van der Waals surface area contributed by atoms with Crippen LogP contribution in [0.5, 0.6) is 11.5 Å². The average molecular weight is 445 g/mol.